The molecule has 7 heteroatoms. The fourth-order valence-corrected chi connectivity index (χ4v) is 3.73. The van der Waals surface area contributed by atoms with E-state index in [9.17, 15) is 9.59 Å². The van der Waals surface area contributed by atoms with Gasteiger partial charge in [-0.3, -0.25) is 14.6 Å². The molecule has 0 saturated heterocycles. The van der Waals surface area contributed by atoms with Crippen LogP contribution in [0.15, 0.2) is 42.7 Å². The van der Waals surface area contributed by atoms with Crippen molar-refractivity contribution in [3.8, 4) is 5.75 Å². The van der Waals surface area contributed by atoms with Crippen LogP contribution in [0.3, 0.4) is 0 Å². The van der Waals surface area contributed by atoms with Gasteiger partial charge in [-0.2, -0.15) is 0 Å². The maximum atomic E-state index is 12.1. The average molecular weight is 416 g/mol. The number of carbonyl (C=O) groups excluding carboxylic acids is 2. The SMILES string of the molecule is O=C(COc1ccc(Cl)cc1C1CCCCC1)NCCC(=O)Nc1cccnc1. The Kier molecular flexibility index (Phi) is 7.87. The summed E-state index contributed by atoms with van der Waals surface area (Å²) in [5.41, 5.74) is 1.71. The molecule has 2 aromatic rings. The van der Waals surface area contributed by atoms with Crippen molar-refractivity contribution in [1.82, 2.24) is 10.3 Å². The zero-order chi connectivity index (χ0) is 20.5. The molecule has 6 nitrogen and oxygen atoms in total. The fourth-order valence-electron chi connectivity index (χ4n) is 3.55. The zero-order valence-electron chi connectivity index (χ0n) is 16.3. The number of rotatable bonds is 8. The first kappa shape index (κ1) is 21.1. The molecule has 1 aliphatic carbocycles. The summed E-state index contributed by atoms with van der Waals surface area (Å²) in [4.78, 5) is 27.9. The van der Waals surface area contributed by atoms with Crippen molar-refractivity contribution >= 4 is 29.1 Å². The Morgan fingerprint density at radius 2 is 1.97 bits per heavy atom. The fraction of sp³-hybridized carbons (Fsp3) is 0.409. The molecule has 2 amide bonds. The highest BCUT2D eigenvalue weighted by molar-refractivity contribution is 6.30. The summed E-state index contributed by atoms with van der Waals surface area (Å²) in [5, 5.41) is 6.12. The van der Waals surface area contributed by atoms with Crippen LogP contribution >= 0.6 is 11.6 Å². The van der Waals surface area contributed by atoms with Crippen LogP contribution in [0.2, 0.25) is 5.02 Å². The summed E-state index contributed by atoms with van der Waals surface area (Å²) >= 11 is 6.18. The highest BCUT2D eigenvalue weighted by Crippen LogP contribution is 2.38. The highest BCUT2D eigenvalue weighted by Gasteiger charge is 2.20. The number of hydrogen-bond donors (Lipinski definition) is 2. The van der Waals surface area contributed by atoms with E-state index in [1.807, 2.05) is 12.1 Å². The molecule has 0 atom stereocenters. The van der Waals surface area contributed by atoms with Crippen LogP contribution in [0.1, 0.15) is 50.0 Å². The van der Waals surface area contributed by atoms with Gasteiger partial charge in [0.25, 0.3) is 5.91 Å². The Hall–Kier alpha value is -2.60. The van der Waals surface area contributed by atoms with Gasteiger partial charge in [0.1, 0.15) is 5.75 Å². The van der Waals surface area contributed by atoms with Crippen LogP contribution in [-0.2, 0) is 9.59 Å². The molecule has 2 N–H and O–H groups in total. The number of halogens is 1. The van der Waals surface area contributed by atoms with Crippen LogP contribution in [-0.4, -0.2) is 29.9 Å². The van der Waals surface area contributed by atoms with Gasteiger partial charge in [-0.05, 0) is 54.7 Å². The second-order valence-electron chi connectivity index (χ2n) is 7.20. The number of pyridine rings is 1. The number of anilines is 1. The minimum atomic E-state index is -0.260. The van der Waals surface area contributed by atoms with Gasteiger partial charge in [-0.25, -0.2) is 0 Å². The van der Waals surface area contributed by atoms with Gasteiger partial charge in [-0.15, -0.1) is 0 Å². The molecule has 0 aliphatic heterocycles. The molecule has 0 bridgehead atoms. The third kappa shape index (κ3) is 6.75. The Morgan fingerprint density at radius 1 is 1.14 bits per heavy atom. The number of hydrogen-bond acceptors (Lipinski definition) is 4. The predicted octanol–water partition coefficient (Wildman–Crippen LogP) is 4.31. The minimum Gasteiger partial charge on any atom is -0.483 e. The molecule has 154 valence electrons. The van der Waals surface area contributed by atoms with Crippen molar-refractivity contribution in [2.24, 2.45) is 0 Å². The Morgan fingerprint density at radius 3 is 2.72 bits per heavy atom. The van der Waals surface area contributed by atoms with E-state index in [4.69, 9.17) is 16.3 Å². The number of amides is 2. The molecule has 0 radical (unpaired) electrons. The summed E-state index contributed by atoms with van der Waals surface area (Å²) < 4.78 is 5.78. The maximum Gasteiger partial charge on any atom is 0.257 e. The first-order valence-corrected chi connectivity index (χ1v) is 10.4. The highest BCUT2D eigenvalue weighted by atomic mass is 35.5. The molecular weight excluding hydrogens is 390 g/mol. The van der Waals surface area contributed by atoms with Crippen LogP contribution in [0.4, 0.5) is 5.69 Å². The maximum absolute atomic E-state index is 12.1. The van der Waals surface area contributed by atoms with Gasteiger partial charge in [0, 0.05) is 24.2 Å². The van der Waals surface area contributed by atoms with Crippen molar-refractivity contribution in [2.75, 3.05) is 18.5 Å². The zero-order valence-corrected chi connectivity index (χ0v) is 17.1. The minimum absolute atomic E-state index is 0.0917. The Labute approximate surface area is 176 Å². The van der Waals surface area contributed by atoms with Crippen LogP contribution < -0.4 is 15.4 Å². The van der Waals surface area contributed by atoms with E-state index in [1.165, 1.54) is 19.3 Å². The molecule has 1 aromatic carbocycles. The van der Waals surface area contributed by atoms with Crippen molar-refractivity contribution in [3.63, 3.8) is 0 Å². The summed E-state index contributed by atoms with van der Waals surface area (Å²) in [6, 6.07) is 9.07. The van der Waals surface area contributed by atoms with E-state index in [1.54, 1.807) is 30.6 Å². The van der Waals surface area contributed by atoms with Gasteiger partial charge >= 0.3 is 0 Å². The molecule has 1 aromatic heterocycles. The monoisotopic (exact) mass is 415 g/mol. The van der Waals surface area contributed by atoms with Crippen molar-refractivity contribution in [2.45, 2.75) is 44.4 Å². The van der Waals surface area contributed by atoms with Gasteiger partial charge in [0.05, 0.1) is 11.9 Å². The molecule has 1 saturated carbocycles. The Bertz CT molecular complexity index is 823. The lowest BCUT2D eigenvalue weighted by atomic mass is 9.84. The van der Waals surface area contributed by atoms with Crippen LogP contribution in [0.25, 0.3) is 0 Å². The molecular formula is C22H26ClN3O3. The third-order valence-electron chi connectivity index (χ3n) is 5.00. The van der Waals surface area contributed by atoms with Crippen LogP contribution in [0, 0.1) is 0 Å². The van der Waals surface area contributed by atoms with E-state index >= 15 is 0 Å². The Balaban J connectivity index is 1.44. The number of aromatic nitrogens is 1. The van der Waals surface area contributed by atoms with Gasteiger partial charge in [-0.1, -0.05) is 30.9 Å². The third-order valence-corrected chi connectivity index (χ3v) is 5.23. The molecule has 1 aliphatic rings. The lowest BCUT2D eigenvalue weighted by molar-refractivity contribution is -0.123. The molecule has 0 spiro atoms. The predicted molar refractivity (Wildman–Crippen MR) is 113 cm³/mol. The summed E-state index contributed by atoms with van der Waals surface area (Å²) in [7, 11) is 0. The van der Waals surface area contributed by atoms with E-state index in [-0.39, 0.29) is 31.4 Å². The summed E-state index contributed by atoms with van der Waals surface area (Å²) in [6.07, 6.45) is 9.30. The molecule has 1 fully saturated rings. The molecule has 3 rings (SSSR count). The van der Waals surface area contributed by atoms with E-state index in [0.29, 0.717) is 22.4 Å². The first-order valence-electron chi connectivity index (χ1n) is 10.0. The van der Waals surface area contributed by atoms with Gasteiger partial charge < -0.3 is 15.4 Å². The number of benzene rings is 1. The normalized spacial score (nSPS) is 14.2. The second kappa shape index (κ2) is 10.8. The van der Waals surface area contributed by atoms with E-state index in [0.717, 1.165) is 18.4 Å². The number of ether oxygens (including phenoxy) is 1. The topological polar surface area (TPSA) is 80.3 Å². The number of nitrogens with zero attached hydrogens (tertiary/aromatic N) is 1. The average Bonchev–Trinajstić information content (AvgIpc) is 2.74. The smallest absolute Gasteiger partial charge is 0.257 e. The van der Waals surface area contributed by atoms with Crippen LogP contribution in [0.5, 0.6) is 5.75 Å². The van der Waals surface area contributed by atoms with Crippen molar-refractivity contribution in [3.05, 3.63) is 53.3 Å². The first-order chi connectivity index (χ1) is 14.1. The number of nitrogens with one attached hydrogen (secondary N) is 2. The second-order valence-corrected chi connectivity index (χ2v) is 7.63. The molecule has 29 heavy (non-hydrogen) atoms. The summed E-state index contributed by atoms with van der Waals surface area (Å²) in [6.45, 7) is 0.149. The molecule has 0 unspecified atom stereocenters. The number of carbonyl (C=O) groups is 2. The quantitative estimate of drug-likeness (QED) is 0.673. The lowest BCUT2D eigenvalue weighted by Crippen LogP contribution is -2.31. The molecule has 1 heterocycles. The largest absolute Gasteiger partial charge is 0.483 e. The van der Waals surface area contributed by atoms with E-state index < -0.39 is 0 Å². The van der Waals surface area contributed by atoms with Crippen molar-refractivity contribution in [1.29, 1.82) is 0 Å². The van der Waals surface area contributed by atoms with Gasteiger partial charge in [0.2, 0.25) is 5.91 Å². The van der Waals surface area contributed by atoms with Crippen molar-refractivity contribution < 1.29 is 14.3 Å². The van der Waals surface area contributed by atoms with E-state index in [2.05, 4.69) is 15.6 Å². The van der Waals surface area contributed by atoms with Gasteiger partial charge in [0.15, 0.2) is 6.61 Å². The summed E-state index contributed by atoms with van der Waals surface area (Å²) in [5.74, 6) is 0.697. The standard InChI is InChI=1S/C22H26ClN3O3/c23-17-8-9-20(19(13-17)16-5-2-1-3-6-16)29-15-22(28)25-12-10-21(27)26-18-7-4-11-24-14-18/h4,7-9,11,13-14,16H,1-3,5-6,10,12,15H2,(H,25,28)(H,26,27). The lowest BCUT2D eigenvalue weighted by Gasteiger charge is -2.24.